The Morgan fingerprint density at radius 3 is 2.92 bits per heavy atom. The first-order chi connectivity index (χ1) is 11.9. The Kier molecular flexibility index (Phi) is 5.22. The van der Waals surface area contributed by atoms with Crippen molar-refractivity contribution in [1.29, 1.82) is 0 Å². The molecule has 0 unspecified atom stereocenters. The molecule has 0 atom stereocenters. The van der Waals surface area contributed by atoms with Gasteiger partial charge >= 0.3 is 0 Å². The second kappa shape index (κ2) is 7.38. The van der Waals surface area contributed by atoms with Crippen LogP contribution < -0.4 is 5.32 Å². The number of thiazole rings is 1. The molecular formula is C16H12ClN3O3S2. The van der Waals surface area contributed by atoms with Crippen molar-refractivity contribution in [2.24, 2.45) is 0 Å². The van der Waals surface area contributed by atoms with Gasteiger partial charge in [-0.25, -0.2) is 4.98 Å². The molecule has 1 N–H and O–H groups in total. The number of aromatic nitrogens is 1. The average molecular weight is 394 g/mol. The summed E-state index contributed by atoms with van der Waals surface area (Å²) < 4.78 is 1.71. The Balaban J connectivity index is 1.82. The second-order valence-corrected chi connectivity index (χ2v) is 7.79. The first kappa shape index (κ1) is 17.7. The molecular weight excluding hydrogens is 382 g/mol. The number of halogens is 1. The highest BCUT2D eigenvalue weighted by atomic mass is 35.5. The summed E-state index contributed by atoms with van der Waals surface area (Å²) in [5, 5.41) is 14.2. The van der Waals surface area contributed by atoms with Gasteiger partial charge in [0, 0.05) is 24.4 Å². The molecule has 3 aromatic rings. The molecule has 0 aliphatic rings. The number of nitrogens with one attached hydrogen (secondary N) is 1. The summed E-state index contributed by atoms with van der Waals surface area (Å²) >= 11 is 8.97. The monoisotopic (exact) mass is 393 g/mol. The van der Waals surface area contributed by atoms with Crippen LogP contribution in [-0.4, -0.2) is 15.8 Å². The van der Waals surface area contributed by atoms with Gasteiger partial charge in [0.05, 0.1) is 25.7 Å². The largest absolute Gasteiger partial charge is 0.326 e. The Labute approximate surface area is 156 Å². The van der Waals surface area contributed by atoms with E-state index in [1.807, 2.05) is 12.1 Å². The third-order valence-electron chi connectivity index (χ3n) is 3.32. The van der Waals surface area contributed by atoms with Crippen molar-refractivity contribution >= 4 is 62.2 Å². The van der Waals surface area contributed by atoms with Gasteiger partial charge in [-0.15, -0.1) is 11.3 Å². The third-order valence-corrected chi connectivity index (χ3v) is 5.86. The SMILES string of the molecule is CC(=O)Nc1ccc2nc(SCc3c(Cl)cccc3[N+](=O)[O-])sc2c1. The molecule has 9 heteroatoms. The topological polar surface area (TPSA) is 85.1 Å². The summed E-state index contributed by atoms with van der Waals surface area (Å²) in [4.78, 5) is 26.4. The number of thioether (sulfide) groups is 1. The molecule has 1 amide bonds. The normalized spacial score (nSPS) is 10.8. The van der Waals surface area contributed by atoms with Crippen molar-refractivity contribution in [2.45, 2.75) is 17.0 Å². The minimum absolute atomic E-state index is 0.00838. The molecule has 1 heterocycles. The van der Waals surface area contributed by atoms with E-state index in [0.717, 1.165) is 14.6 Å². The van der Waals surface area contributed by atoms with E-state index in [-0.39, 0.29) is 11.6 Å². The van der Waals surface area contributed by atoms with Crippen LogP contribution in [0.15, 0.2) is 40.7 Å². The molecule has 0 aliphatic heterocycles. The molecule has 3 rings (SSSR count). The molecule has 128 valence electrons. The predicted molar refractivity (Wildman–Crippen MR) is 102 cm³/mol. The maximum absolute atomic E-state index is 11.1. The summed E-state index contributed by atoms with van der Waals surface area (Å²) in [5.74, 6) is 0.221. The zero-order chi connectivity index (χ0) is 18.0. The van der Waals surface area contributed by atoms with E-state index in [1.54, 1.807) is 18.2 Å². The molecule has 0 saturated carbocycles. The van der Waals surface area contributed by atoms with Crippen LogP contribution in [0.25, 0.3) is 10.2 Å². The number of fused-ring (bicyclic) bond motifs is 1. The Morgan fingerprint density at radius 1 is 1.40 bits per heavy atom. The minimum Gasteiger partial charge on any atom is -0.326 e. The van der Waals surface area contributed by atoms with Crippen LogP contribution in [0.2, 0.25) is 5.02 Å². The lowest BCUT2D eigenvalue weighted by Gasteiger charge is -2.03. The number of benzene rings is 2. The number of rotatable bonds is 5. The van der Waals surface area contributed by atoms with Crippen molar-refractivity contribution in [3.8, 4) is 0 Å². The van der Waals surface area contributed by atoms with Gasteiger partial charge in [0.1, 0.15) is 0 Å². The molecule has 25 heavy (non-hydrogen) atoms. The quantitative estimate of drug-likeness (QED) is 0.370. The highest BCUT2D eigenvalue weighted by Gasteiger charge is 2.17. The predicted octanol–water partition coefficient (Wildman–Crippen LogP) is 5.11. The van der Waals surface area contributed by atoms with Crippen LogP contribution in [0.4, 0.5) is 11.4 Å². The van der Waals surface area contributed by atoms with Gasteiger partial charge in [0.2, 0.25) is 5.91 Å². The first-order valence-electron chi connectivity index (χ1n) is 7.17. The van der Waals surface area contributed by atoms with Crippen LogP contribution in [-0.2, 0) is 10.5 Å². The molecule has 0 radical (unpaired) electrons. The number of nitrogens with zero attached hydrogens (tertiary/aromatic N) is 2. The summed E-state index contributed by atoms with van der Waals surface area (Å²) in [6.07, 6.45) is 0. The number of hydrogen-bond acceptors (Lipinski definition) is 6. The lowest BCUT2D eigenvalue weighted by atomic mass is 10.2. The van der Waals surface area contributed by atoms with Crippen LogP contribution in [0.5, 0.6) is 0 Å². The van der Waals surface area contributed by atoms with E-state index in [4.69, 9.17) is 11.6 Å². The first-order valence-corrected chi connectivity index (χ1v) is 9.35. The lowest BCUT2D eigenvalue weighted by Crippen LogP contribution is -2.05. The maximum atomic E-state index is 11.1. The maximum Gasteiger partial charge on any atom is 0.274 e. The third kappa shape index (κ3) is 4.09. The van der Waals surface area contributed by atoms with Crippen molar-refractivity contribution < 1.29 is 9.72 Å². The summed E-state index contributed by atoms with van der Waals surface area (Å²) in [5.41, 5.74) is 2.02. The van der Waals surface area contributed by atoms with Gasteiger partial charge in [-0.2, -0.15) is 0 Å². The molecule has 0 spiro atoms. The smallest absolute Gasteiger partial charge is 0.274 e. The molecule has 0 aliphatic carbocycles. The number of hydrogen-bond donors (Lipinski definition) is 1. The number of anilines is 1. The zero-order valence-corrected chi connectivity index (χ0v) is 15.4. The van der Waals surface area contributed by atoms with Gasteiger partial charge in [-0.05, 0) is 24.3 Å². The summed E-state index contributed by atoms with van der Waals surface area (Å²) in [6, 6.07) is 10.1. The van der Waals surface area contributed by atoms with Crippen LogP contribution >= 0.6 is 34.7 Å². The number of carbonyl (C=O) groups excluding carboxylic acids is 1. The van der Waals surface area contributed by atoms with Gasteiger partial charge < -0.3 is 5.32 Å². The molecule has 2 aromatic carbocycles. The highest BCUT2D eigenvalue weighted by molar-refractivity contribution is 8.00. The van der Waals surface area contributed by atoms with E-state index >= 15 is 0 Å². The summed E-state index contributed by atoms with van der Waals surface area (Å²) in [6.45, 7) is 1.45. The van der Waals surface area contributed by atoms with Gasteiger partial charge in [0.15, 0.2) is 4.34 Å². The van der Waals surface area contributed by atoms with E-state index in [0.29, 0.717) is 22.0 Å². The van der Waals surface area contributed by atoms with Gasteiger partial charge in [0.25, 0.3) is 5.69 Å². The molecule has 1 aromatic heterocycles. The number of nitro benzene ring substituents is 1. The van der Waals surface area contributed by atoms with Crippen molar-refractivity contribution in [3.63, 3.8) is 0 Å². The van der Waals surface area contributed by atoms with Crippen molar-refractivity contribution in [2.75, 3.05) is 5.32 Å². The molecule has 6 nitrogen and oxygen atoms in total. The Bertz CT molecular complexity index is 974. The van der Waals surface area contributed by atoms with Crippen LogP contribution in [0, 0.1) is 10.1 Å². The van der Waals surface area contributed by atoms with E-state index in [2.05, 4.69) is 10.3 Å². The average Bonchev–Trinajstić information content (AvgIpc) is 2.94. The lowest BCUT2D eigenvalue weighted by molar-refractivity contribution is -0.385. The van der Waals surface area contributed by atoms with Crippen LogP contribution in [0.1, 0.15) is 12.5 Å². The fourth-order valence-electron chi connectivity index (χ4n) is 2.24. The highest BCUT2D eigenvalue weighted by Crippen LogP contribution is 2.36. The zero-order valence-electron chi connectivity index (χ0n) is 13.0. The van der Waals surface area contributed by atoms with Crippen molar-refractivity contribution in [1.82, 2.24) is 4.98 Å². The Hall–Kier alpha value is -2.16. The molecule has 0 bridgehead atoms. The fraction of sp³-hybridized carbons (Fsp3) is 0.125. The van der Waals surface area contributed by atoms with Gasteiger partial charge in [-0.1, -0.05) is 29.4 Å². The van der Waals surface area contributed by atoms with Crippen LogP contribution in [0.3, 0.4) is 0 Å². The number of carbonyl (C=O) groups is 1. The molecule has 0 saturated heterocycles. The fourth-order valence-corrected chi connectivity index (χ4v) is 4.71. The minimum atomic E-state index is -0.431. The van der Waals surface area contributed by atoms with E-state index in [9.17, 15) is 14.9 Å². The standard InChI is InChI=1S/C16H12ClN3O3S2/c1-9(21)18-10-5-6-13-15(7-10)25-16(19-13)24-8-11-12(17)3-2-4-14(11)20(22)23/h2-7H,8H2,1H3,(H,18,21). The molecule has 0 fully saturated rings. The summed E-state index contributed by atoms with van der Waals surface area (Å²) in [7, 11) is 0. The second-order valence-electron chi connectivity index (χ2n) is 5.13. The van der Waals surface area contributed by atoms with E-state index < -0.39 is 4.92 Å². The van der Waals surface area contributed by atoms with E-state index in [1.165, 1.54) is 36.1 Å². The van der Waals surface area contributed by atoms with Crippen molar-refractivity contribution in [3.05, 3.63) is 57.1 Å². The van der Waals surface area contributed by atoms with Gasteiger partial charge in [-0.3, -0.25) is 14.9 Å². The number of nitro groups is 1. The Morgan fingerprint density at radius 2 is 2.20 bits per heavy atom. The number of amides is 1.